The van der Waals surface area contributed by atoms with Gasteiger partial charge in [-0.25, -0.2) is 9.67 Å². The lowest BCUT2D eigenvalue weighted by atomic mass is 10.2. The minimum Gasteiger partial charge on any atom is -0.306 e. The zero-order valence-electron chi connectivity index (χ0n) is 10.6. The summed E-state index contributed by atoms with van der Waals surface area (Å²) in [5, 5.41) is 8.31. The first-order valence-corrected chi connectivity index (χ1v) is 6.38. The third-order valence-electron chi connectivity index (χ3n) is 2.64. The van der Waals surface area contributed by atoms with Crippen molar-refractivity contribution in [3.63, 3.8) is 0 Å². The highest BCUT2D eigenvalue weighted by atomic mass is 35.5. The highest BCUT2D eigenvalue weighted by molar-refractivity contribution is 6.30. The first-order chi connectivity index (χ1) is 8.66. The average Bonchev–Trinajstić information content (AvgIpc) is 2.77. The maximum atomic E-state index is 5.94. The second kappa shape index (κ2) is 5.98. The second-order valence-electron chi connectivity index (χ2n) is 4.45. The molecule has 0 bridgehead atoms. The Morgan fingerprint density at radius 2 is 2.17 bits per heavy atom. The van der Waals surface area contributed by atoms with Crippen LogP contribution in [0.4, 0.5) is 0 Å². The van der Waals surface area contributed by atoms with Gasteiger partial charge >= 0.3 is 0 Å². The highest BCUT2D eigenvalue weighted by Gasteiger charge is 2.06. The Bertz CT molecular complexity index is 507. The van der Waals surface area contributed by atoms with E-state index in [4.69, 9.17) is 11.6 Å². The van der Waals surface area contributed by atoms with Gasteiger partial charge in [0.2, 0.25) is 0 Å². The van der Waals surface area contributed by atoms with Crippen LogP contribution in [0.2, 0.25) is 5.02 Å². The molecule has 0 unspecified atom stereocenters. The molecule has 1 heterocycles. The van der Waals surface area contributed by atoms with Crippen molar-refractivity contribution in [3.8, 4) is 0 Å². The fourth-order valence-corrected chi connectivity index (χ4v) is 2.01. The summed E-state index contributed by atoms with van der Waals surface area (Å²) in [6, 6.07) is 8.17. The van der Waals surface area contributed by atoms with E-state index in [1.165, 1.54) is 0 Å². The molecule has 0 aliphatic rings. The molecule has 18 heavy (non-hydrogen) atoms. The summed E-state index contributed by atoms with van der Waals surface area (Å²) in [6.07, 6.45) is 1.59. The number of rotatable bonds is 5. The van der Waals surface area contributed by atoms with Crippen LogP contribution < -0.4 is 5.32 Å². The van der Waals surface area contributed by atoms with E-state index in [2.05, 4.69) is 29.2 Å². The van der Waals surface area contributed by atoms with Crippen LogP contribution in [0.3, 0.4) is 0 Å². The van der Waals surface area contributed by atoms with E-state index < -0.39 is 0 Å². The average molecular weight is 265 g/mol. The molecule has 4 nitrogen and oxygen atoms in total. The summed E-state index contributed by atoms with van der Waals surface area (Å²) in [5.74, 6) is 0.951. The van der Waals surface area contributed by atoms with Crippen molar-refractivity contribution in [1.29, 1.82) is 0 Å². The van der Waals surface area contributed by atoms with Crippen molar-refractivity contribution < 1.29 is 0 Å². The van der Waals surface area contributed by atoms with Crippen LogP contribution in [0.15, 0.2) is 30.6 Å². The Morgan fingerprint density at radius 1 is 1.33 bits per heavy atom. The second-order valence-corrected chi connectivity index (χ2v) is 4.88. The maximum Gasteiger partial charge on any atom is 0.141 e. The summed E-state index contributed by atoms with van der Waals surface area (Å²) in [4.78, 5) is 4.25. The first kappa shape index (κ1) is 13.1. The molecule has 0 aliphatic heterocycles. The predicted octanol–water partition coefficient (Wildman–Crippen LogP) is 2.80. The van der Waals surface area contributed by atoms with Gasteiger partial charge in [0, 0.05) is 17.6 Å². The number of hydrogen-bond donors (Lipinski definition) is 1. The molecular formula is C13H17ClN4. The Kier molecular flexibility index (Phi) is 4.33. The molecule has 1 N–H and O–H groups in total. The van der Waals surface area contributed by atoms with Crippen LogP contribution in [-0.4, -0.2) is 14.8 Å². The normalized spacial score (nSPS) is 11.1. The van der Waals surface area contributed by atoms with Crippen molar-refractivity contribution in [1.82, 2.24) is 20.1 Å². The van der Waals surface area contributed by atoms with Crippen LogP contribution in [0.5, 0.6) is 0 Å². The van der Waals surface area contributed by atoms with Crippen LogP contribution in [0, 0.1) is 0 Å². The van der Waals surface area contributed by atoms with Gasteiger partial charge in [0.05, 0.1) is 6.54 Å². The molecule has 2 aromatic rings. The SMILES string of the molecule is CC(C)n1ncnc1CNCc1cccc(Cl)c1. The van der Waals surface area contributed by atoms with Gasteiger partial charge in [-0.2, -0.15) is 5.10 Å². The van der Waals surface area contributed by atoms with Gasteiger partial charge in [0.15, 0.2) is 0 Å². The summed E-state index contributed by atoms with van der Waals surface area (Å²) < 4.78 is 1.92. The van der Waals surface area contributed by atoms with E-state index in [0.717, 1.165) is 23.0 Å². The number of aromatic nitrogens is 3. The van der Waals surface area contributed by atoms with Crippen molar-refractivity contribution in [2.45, 2.75) is 33.0 Å². The summed E-state index contributed by atoms with van der Waals surface area (Å²) >= 11 is 5.94. The van der Waals surface area contributed by atoms with Gasteiger partial charge in [-0.1, -0.05) is 23.7 Å². The van der Waals surface area contributed by atoms with E-state index in [-0.39, 0.29) is 0 Å². The van der Waals surface area contributed by atoms with Gasteiger partial charge in [-0.3, -0.25) is 0 Å². The fourth-order valence-electron chi connectivity index (χ4n) is 1.80. The maximum absolute atomic E-state index is 5.94. The largest absolute Gasteiger partial charge is 0.306 e. The minimum atomic E-state index is 0.329. The topological polar surface area (TPSA) is 42.7 Å². The van der Waals surface area contributed by atoms with Gasteiger partial charge in [0.25, 0.3) is 0 Å². The summed E-state index contributed by atoms with van der Waals surface area (Å²) in [7, 11) is 0. The lowest BCUT2D eigenvalue weighted by Gasteiger charge is -2.10. The Balaban J connectivity index is 1.90. The standard InChI is InChI=1S/C13H17ClN4/c1-10(2)18-13(16-9-17-18)8-15-7-11-4-3-5-12(14)6-11/h3-6,9-10,15H,7-8H2,1-2H3. The van der Waals surface area contributed by atoms with Gasteiger partial charge in [-0.15, -0.1) is 0 Å². The molecule has 0 fully saturated rings. The van der Waals surface area contributed by atoms with Crippen molar-refractivity contribution >= 4 is 11.6 Å². The van der Waals surface area contributed by atoms with E-state index in [0.29, 0.717) is 12.6 Å². The lowest BCUT2D eigenvalue weighted by molar-refractivity contribution is 0.490. The van der Waals surface area contributed by atoms with Crippen LogP contribution >= 0.6 is 11.6 Å². The molecule has 1 aromatic carbocycles. The van der Waals surface area contributed by atoms with E-state index in [1.54, 1.807) is 6.33 Å². The van der Waals surface area contributed by atoms with Crippen LogP contribution in [0.25, 0.3) is 0 Å². The monoisotopic (exact) mass is 264 g/mol. The van der Waals surface area contributed by atoms with Gasteiger partial charge in [-0.05, 0) is 31.5 Å². The Labute approximate surface area is 112 Å². The van der Waals surface area contributed by atoms with Crippen LogP contribution in [-0.2, 0) is 13.1 Å². The minimum absolute atomic E-state index is 0.329. The molecule has 1 aromatic heterocycles. The molecule has 0 aliphatic carbocycles. The zero-order chi connectivity index (χ0) is 13.0. The van der Waals surface area contributed by atoms with Gasteiger partial charge in [0.1, 0.15) is 12.2 Å². The lowest BCUT2D eigenvalue weighted by Crippen LogP contribution is -2.18. The molecule has 0 atom stereocenters. The predicted molar refractivity (Wildman–Crippen MR) is 72.4 cm³/mol. The number of nitrogens with zero attached hydrogens (tertiary/aromatic N) is 3. The molecule has 0 saturated heterocycles. The quantitative estimate of drug-likeness (QED) is 0.903. The van der Waals surface area contributed by atoms with Crippen molar-refractivity contribution in [3.05, 3.63) is 47.0 Å². The first-order valence-electron chi connectivity index (χ1n) is 6.00. The van der Waals surface area contributed by atoms with E-state index in [9.17, 15) is 0 Å². The van der Waals surface area contributed by atoms with Crippen LogP contribution in [0.1, 0.15) is 31.3 Å². The van der Waals surface area contributed by atoms with Gasteiger partial charge < -0.3 is 5.32 Å². The van der Waals surface area contributed by atoms with E-state index in [1.807, 2.05) is 28.9 Å². The van der Waals surface area contributed by atoms with E-state index >= 15 is 0 Å². The molecule has 0 spiro atoms. The number of halogens is 1. The Morgan fingerprint density at radius 3 is 2.89 bits per heavy atom. The van der Waals surface area contributed by atoms with Crippen molar-refractivity contribution in [2.24, 2.45) is 0 Å². The number of benzene rings is 1. The molecule has 0 saturated carbocycles. The molecular weight excluding hydrogens is 248 g/mol. The zero-order valence-corrected chi connectivity index (χ0v) is 11.4. The number of hydrogen-bond acceptors (Lipinski definition) is 3. The molecule has 2 rings (SSSR count). The third kappa shape index (κ3) is 3.31. The molecule has 0 amide bonds. The third-order valence-corrected chi connectivity index (χ3v) is 2.87. The fraction of sp³-hybridized carbons (Fsp3) is 0.385. The summed E-state index contributed by atoms with van der Waals surface area (Å²) in [5.41, 5.74) is 1.16. The smallest absolute Gasteiger partial charge is 0.141 e. The summed E-state index contributed by atoms with van der Waals surface area (Å²) in [6.45, 7) is 5.65. The molecule has 0 radical (unpaired) electrons. The Hall–Kier alpha value is -1.39. The highest BCUT2D eigenvalue weighted by Crippen LogP contribution is 2.10. The molecule has 5 heteroatoms. The number of nitrogens with one attached hydrogen (secondary N) is 1. The molecule has 96 valence electrons. The van der Waals surface area contributed by atoms with Crippen molar-refractivity contribution in [2.75, 3.05) is 0 Å².